The molecule has 0 unspecified atom stereocenters. The molecule has 1 N–H and O–H groups in total. The molecule has 2 aromatic rings. The van der Waals surface area contributed by atoms with E-state index in [0.717, 1.165) is 42.6 Å². The van der Waals surface area contributed by atoms with Crippen molar-refractivity contribution < 1.29 is 14.3 Å². The Labute approximate surface area is 178 Å². The molecule has 7 heteroatoms. The maximum atomic E-state index is 13.1. The Hall–Kier alpha value is -2.48. The largest absolute Gasteiger partial charge is 0.383 e. The molecule has 0 aromatic heterocycles. The van der Waals surface area contributed by atoms with Gasteiger partial charge < -0.3 is 15.0 Å². The number of likely N-dealkylation sites (N-methyl/N-ethyl adjacent to an activating group) is 1. The second-order valence-electron chi connectivity index (χ2n) is 7.53. The number of rotatable bonds is 9. The van der Waals surface area contributed by atoms with Crippen LogP contribution in [0.4, 0.5) is 5.69 Å². The number of amides is 2. The molecule has 0 bridgehead atoms. The van der Waals surface area contributed by atoms with E-state index < -0.39 is 0 Å². The van der Waals surface area contributed by atoms with E-state index in [4.69, 9.17) is 4.74 Å². The number of benzene rings is 2. The molecule has 1 aliphatic heterocycles. The average molecular weight is 413 g/mol. The van der Waals surface area contributed by atoms with Gasteiger partial charge in [0.25, 0.3) is 0 Å². The van der Waals surface area contributed by atoms with Gasteiger partial charge in [0, 0.05) is 51.8 Å². The lowest BCUT2D eigenvalue weighted by Gasteiger charge is -2.35. The minimum absolute atomic E-state index is 0.0182. The van der Waals surface area contributed by atoms with Gasteiger partial charge in [-0.15, -0.1) is 0 Å². The van der Waals surface area contributed by atoms with Gasteiger partial charge in [-0.05, 0) is 18.4 Å². The first-order valence-electron chi connectivity index (χ1n) is 10.6. The van der Waals surface area contributed by atoms with Crippen LogP contribution in [0.15, 0.2) is 42.5 Å². The number of hydrogen-bond donors (Lipinski definition) is 1. The summed E-state index contributed by atoms with van der Waals surface area (Å²) in [6.45, 7) is 7.62. The number of nitrogens with zero attached hydrogens (tertiary/aromatic N) is 3. The van der Waals surface area contributed by atoms with Crippen LogP contribution in [-0.4, -0.2) is 87.7 Å². The van der Waals surface area contributed by atoms with E-state index in [1.165, 1.54) is 0 Å². The van der Waals surface area contributed by atoms with Gasteiger partial charge >= 0.3 is 0 Å². The van der Waals surface area contributed by atoms with Gasteiger partial charge in [-0.2, -0.15) is 0 Å². The highest BCUT2D eigenvalue weighted by atomic mass is 16.5. The number of nitrogens with one attached hydrogen (secondary N) is 1. The molecule has 1 aliphatic rings. The Balaban J connectivity index is 1.53. The first-order valence-corrected chi connectivity index (χ1v) is 10.6. The molecule has 1 fully saturated rings. The molecule has 162 valence electrons. The zero-order chi connectivity index (χ0) is 21.3. The summed E-state index contributed by atoms with van der Waals surface area (Å²) >= 11 is 0. The Morgan fingerprint density at radius 3 is 2.37 bits per heavy atom. The summed E-state index contributed by atoms with van der Waals surface area (Å²) in [6.07, 6.45) is 0. The third-order valence-electron chi connectivity index (χ3n) is 5.49. The van der Waals surface area contributed by atoms with Gasteiger partial charge in [-0.3, -0.25) is 19.4 Å². The van der Waals surface area contributed by atoms with Gasteiger partial charge in [0.2, 0.25) is 11.8 Å². The quantitative estimate of drug-likeness (QED) is 0.634. The number of ether oxygens (including phenoxy) is 1. The smallest absolute Gasteiger partial charge is 0.241 e. The number of anilines is 1. The van der Waals surface area contributed by atoms with Crippen LogP contribution >= 0.6 is 0 Å². The highest BCUT2D eigenvalue weighted by Gasteiger charge is 2.23. The van der Waals surface area contributed by atoms with Crippen molar-refractivity contribution in [1.29, 1.82) is 0 Å². The highest BCUT2D eigenvalue weighted by molar-refractivity contribution is 6.04. The van der Waals surface area contributed by atoms with Crippen molar-refractivity contribution in [1.82, 2.24) is 15.1 Å². The highest BCUT2D eigenvalue weighted by Crippen LogP contribution is 2.26. The summed E-state index contributed by atoms with van der Waals surface area (Å²) in [4.78, 5) is 31.2. The predicted molar refractivity (Wildman–Crippen MR) is 120 cm³/mol. The van der Waals surface area contributed by atoms with Crippen LogP contribution in [0.2, 0.25) is 0 Å². The van der Waals surface area contributed by atoms with Gasteiger partial charge in [-0.1, -0.05) is 36.4 Å². The number of carbonyl (C=O) groups is 2. The first kappa shape index (κ1) is 22.2. The summed E-state index contributed by atoms with van der Waals surface area (Å²) in [5.41, 5.74) is 0.965. The molecule has 0 aliphatic carbocycles. The van der Waals surface area contributed by atoms with Gasteiger partial charge in [-0.25, -0.2) is 0 Å². The molecule has 2 amide bonds. The van der Waals surface area contributed by atoms with Crippen molar-refractivity contribution in [3.05, 3.63) is 42.5 Å². The fraction of sp³-hybridized carbons (Fsp3) is 0.478. The summed E-state index contributed by atoms with van der Waals surface area (Å²) in [5, 5.41) is 5.08. The zero-order valence-electron chi connectivity index (χ0n) is 18.0. The summed E-state index contributed by atoms with van der Waals surface area (Å²) in [6, 6.07) is 14.3. The molecule has 0 saturated carbocycles. The lowest BCUT2D eigenvalue weighted by Crippen LogP contribution is -2.52. The van der Waals surface area contributed by atoms with E-state index >= 15 is 0 Å². The third kappa shape index (κ3) is 5.78. The molecule has 2 aromatic carbocycles. The van der Waals surface area contributed by atoms with Crippen LogP contribution < -0.4 is 10.2 Å². The average Bonchev–Trinajstić information content (AvgIpc) is 2.76. The lowest BCUT2D eigenvalue weighted by atomic mass is 10.1. The van der Waals surface area contributed by atoms with Crippen molar-refractivity contribution in [2.75, 3.05) is 71.0 Å². The lowest BCUT2D eigenvalue weighted by molar-refractivity contribution is -0.124. The maximum absolute atomic E-state index is 13.1. The molecular weight excluding hydrogens is 380 g/mol. The maximum Gasteiger partial charge on any atom is 0.241 e. The second kappa shape index (κ2) is 11.1. The van der Waals surface area contributed by atoms with Crippen LogP contribution in [0.25, 0.3) is 10.8 Å². The normalized spacial score (nSPS) is 15.3. The van der Waals surface area contributed by atoms with E-state index in [2.05, 4.69) is 33.3 Å². The van der Waals surface area contributed by atoms with Gasteiger partial charge in [0.15, 0.2) is 0 Å². The minimum atomic E-state index is 0.0182. The van der Waals surface area contributed by atoms with E-state index in [-0.39, 0.29) is 11.8 Å². The minimum Gasteiger partial charge on any atom is -0.383 e. The van der Waals surface area contributed by atoms with E-state index in [0.29, 0.717) is 32.8 Å². The second-order valence-corrected chi connectivity index (χ2v) is 7.53. The zero-order valence-corrected chi connectivity index (χ0v) is 18.0. The standard InChI is InChI=1S/C23H32N4O3/c1-3-27(21-10-6-8-19-7-4-5-9-20(19)21)23(29)18-26-14-12-25(13-15-26)17-22(28)24-11-16-30-2/h4-10H,3,11-18H2,1-2H3,(H,24,28). The van der Waals surface area contributed by atoms with E-state index in [1.54, 1.807) is 7.11 Å². The van der Waals surface area contributed by atoms with Crippen LogP contribution in [0, 0.1) is 0 Å². The molecule has 0 spiro atoms. The van der Waals surface area contributed by atoms with Crippen LogP contribution in [-0.2, 0) is 14.3 Å². The topological polar surface area (TPSA) is 65.1 Å². The van der Waals surface area contributed by atoms with Crippen molar-refractivity contribution in [2.45, 2.75) is 6.92 Å². The molecule has 3 rings (SSSR count). The van der Waals surface area contributed by atoms with Gasteiger partial charge in [0.05, 0.1) is 25.4 Å². The van der Waals surface area contributed by atoms with Crippen molar-refractivity contribution in [2.24, 2.45) is 0 Å². The van der Waals surface area contributed by atoms with Crippen molar-refractivity contribution in [3.63, 3.8) is 0 Å². The number of methoxy groups -OCH3 is 1. The fourth-order valence-electron chi connectivity index (χ4n) is 3.86. The number of carbonyl (C=O) groups excluding carboxylic acids is 2. The fourth-order valence-corrected chi connectivity index (χ4v) is 3.86. The predicted octanol–water partition coefficient (Wildman–Crippen LogP) is 1.57. The Morgan fingerprint density at radius 1 is 1.00 bits per heavy atom. The Kier molecular flexibility index (Phi) is 8.19. The Morgan fingerprint density at radius 2 is 1.67 bits per heavy atom. The van der Waals surface area contributed by atoms with E-state index in [1.807, 2.05) is 36.1 Å². The molecule has 1 heterocycles. The number of hydrogen-bond acceptors (Lipinski definition) is 5. The van der Waals surface area contributed by atoms with Crippen LogP contribution in [0.5, 0.6) is 0 Å². The third-order valence-corrected chi connectivity index (χ3v) is 5.49. The molecule has 30 heavy (non-hydrogen) atoms. The van der Waals surface area contributed by atoms with Crippen LogP contribution in [0.1, 0.15) is 6.92 Å². The molecule has 0 atom stereocenters. The Bertz CT molecular complexity index is 844. The monoisotopic (exact) mass is 412 g/mol. The SMILES string of the molecule is CCN(C(=O)CN1CCN(CC(=O)NCCOC)CC1)c1cccc2ccccc12. The summed E-state index contributed by atoms with van der Waals surface area (Å²) in [7, 11) is 1.62. The first-order chi connectivity index (χ1) is 14.6. The van der Waals surface area contributed by atoms with Crippen molar-refractivity contribution in [3.8, 4) is 0 Å². The molecule has 7 nitrogen and oxygen atoms in total. The summed E-state index contributed by atoms with van der Waals surface area (Å²) in [5.74, 6) is 0.129. The van der Waals surface area contributed by atoms with Crippen molar-refractivity contribution >= 4 is 28.3 Å². The number of piperazine rings is 1. The molecule has 1 saturated heterocycles. The molecular formula is C23H32N4O3. The molecule has 0 radical (unpaired) electrons. The summed E-state index contributed by atoms with van der Waals surface area (Å²) < 4.78 is 4.95. The van der Waals surface area contributed by atoms with Crippen LogP contribution in [0.3, 0.4) is 0 Å². The van der Waals surface area contributed by atoms with Gasteiger partial charge in [0.1, 0.15) is 0 Å². The van der Waals surface area contributed by atoms with E-state index in [9.17, 15) is 9.59 Å². The number of fused-ring (bicyclic) bond motifs is 1.